The van der Waals surface area contributed by atoms with Crippen molar-refractivity contribution in [3.05, 3.63) is 42.2 Å². The van der Waals surface area contributed by atoms with Gasteiger partial charge >= 0.3 is 0 Å². The molecule has 2 unspecified atom stereocenters. The summed E-state index contributed by atoms with van der Waals surface area (Å²) in [6, 6.07) is 4.17. The quantitative estimate of drug-likeness (QED) is 0.0401. The van der Waals surface area contributed by atoms with Gasteiger partial charge in [-0.2, -0.15) is 0 Å². The van der Waals surface area contributed by atoms with Gasteiger partial charge in [0.2, 0.25) is 0 Å². The molecule has 2 heterocycles. The van der Waals surface area contributed by atoms with E-state index in [1.165, 1.54) is 128 Å². The van der Waals surface area contributed by atoms with Gasteiger partial charge in [-0.1, -0.05) is 115 Å². The molecule has 1 saturated heterocycles. The van der Waals surface area contributed by atoms with E-state index in [0.717, 1.165) is 64.6 Å². The number of aliphatic hydroxyl groups is 1. The zero-order valence-electron chi connectivity index (χ0n) is 29.4. The lowest BCUT2D eigenvalue weighted by Crippen LogP contribution is -2.38. The van der Waals surface area contributed by atoms with Crippen molar-refractivity contribution in [2.45, 2.75) is 186 Å². The minimum atomic E-state index is -0.972. The van der Waals surface area contributed by atoms with E-state index in [0.29, 0.717) is 0 Å². The Morgan fingerprint density at radius 1 is 0.867 bits per heavy atom. The number of hydrogen-bond donors (Lipinski definition) is 1. The number of unbranched alkanes of at least 4 members (excludes halogenated alkanes) is 19. The average Bonchev–Trinajstić information content (AvgIpc) is 3.50. The first kappa shape index (κ1) is 39.5. The Morgan fingerprint density at radius 2 is 1.44 bits per heavy atom. The predicted octanol–water partition coefficient (Wildman–Crippen LogP) is 11.0. The van der Waals surface area contributed by atoms with E-state index in [1.54, 1.807) is 0 Å². The summed E-state index contributed by atoms with van der Waals surface area (Å²) in [6.45, 7) is 5.29. The highest BCUT2D eigenvalue weighted by molar-refractivity contribution is 5.08. The maximum atomic E-state index is 11.7. The molecule has 0 saturated carbocycles. The van der Waals surface area contributed by atoms with Crippen LogP contribution >= 0.6 is 0 Å². The highest BCUT2D eigenvalue weighted by atomic mass is 16.6. The lowest BCUT2D eigenvalue weighted by atomic mass is 9.98. The summed E-state index contributed by atoms with van der Waals surface area (Å²) in [5.41, 5.74) is 1.29. The fourth-order valence-corrected chi connectivity index (χ4v) is 6.64. The molecule has 4 heteroatoms. The first-order chi connectivity index (χ1) is 22.1. The molecule has 4 nitrogen and oxygen atoms in total. The highest BCUT2D eigenvalue weighted by Crippen LogP contribution is 2.29. The van der Waals surface area contributed by atoms with E-state index in [1.807, 2.05) is 18.5 Å². The SMILES string of the molecule is C#CCCCCCCCCCCC(O)(CCCCCCCC/C=C\CCCCCCC)OC1CCN(CCc2cccnc2)C1. The third kappa shape index (κ3) is 21.7. The van der Waals surface area contributed by atoms with Gasteiger partial charge in [-0.05, 0) is 69.4 Å². The standard InChI is InChI=1S/C41H70N2O2/c1-3-5-7-9-11-13-15-16-17-18-19-21-23-25-27-33-41(44,32-26-24-22-20-14-12-10-8-6-4-2)45-40-31-36-43(38-40)35-30-39-29-28-34-42-37-39/h2,15-16,28-29,34,37,40,44H,3,5-14,17-27,30-33,35-36,38H2,1H3/b16-15-. The minimum Gasteiger partial charge on any atom is -0.365 e. The number of ether oxygens (including phenoxy) is 1. The maximum Gasteiger partial charge on any atom is 0.165 e. The summed E-state index contributed by atoms with van der Waals surface area (Å²) in [6.07, 6.45) is 45.2. The summed E-state index contributed by atoms with van der Waals surface area (Å²) in [4.78, 5) is 6.74. The van der Waals surface area contributed by atoms with E-state index < -0.39 is 5.79 Å². The molecule has 1 aromatic heterocycles. The number of rotatable bonds is 30. The first-order valence-electron chi connectivity index (χ1n) is 19.2. The molecule has 1 fully saturated rings. The van der Waals surface area contributed by atoms with Crippen molar-refractivity contribution in [2.75, 3.05) is 19.6 Å². The van der Waals surface area contributed by atoms with Crippen LogP contribution in [0.3, 0.4) is 0 Å². The molecular formula is C41H70N2O2. The van der Waals surface area contributed by atoms with Gasteiger partial charge in [0.15, 0.2) is 5.79 Å². The van der Waals surface area contributed by atoms with Crippen LogP contribution in [0.1, 0.15) is 173 Å². The Kier molecular flexibility index (Phi) is 24.1. The van der Waals surface area contributed by atoms with Crippen molar-refractivity contribution in [3.8, 4) is 12.3 Å². The predicted molar refractivity (Wildman–Crippen MR) is 193 cm³/mol. The third-order valence-corrected chi connectivity index (χ3v) is 9.52. The molecule has 256 valence electrons. The molecule has 0 amide bonds. The number of aromatic nitrogens is 1. The lowest BCUT2D eigenvalue weighted by molar-refractivity contribution is -0.236. The van der Waals surface area contributed by atoms with Crippen LogP contribution < -0.4 is 0 Å². The molecule has 1 aliphatic heterocycles. The topological polar surface area (TPSA) is 45.6 Å². The van der Waals surface area contributed by atoms with Crippen LogP contribution in [-0.2, 0) is 11.2 Å². The van der Waals surface area contributed by atoms with Crippen molar-refractivity contribution < 1.29 is 9.84 Å². The van der Waals surface area contributed by atoms with Crippen LogP contribution in [0.5, 0.6) is 0 Å². The van der Waals surface area contributed by atoms with Gasteiger partial charge in [-0.25, -0.2) is 0 Å². The minimum absolute atomic E-state index is 0.135. The largest absolute Gasteiger partial charge is 0.365 e. The van der Waals surface area contributed by atoms with Crippen LogP contribution in [0.25, 0.3) is 0 Å². The van der Waals surface area contributed by atoms with Gasteiger partial charge < -0.3 is 14.7 Å². The molecule has 1 N–H and O–H groups in total. The first-order valence-corrected chi connectivity index (χ1v) is 19.2. The van der Waals surface area contributed by atoms with Gasteiger partial charge in [0, 0.05) is 51.3 Å². The summed E-state index contributed by atoms with van der Waals surface area (Å²) in [5.74, 6) is 1.77. The van der Waals surface area contributed by atoms with Gasteiger partial charge in [-0.3, -0.25) is 4.98 Å². The number of terminal acetylenes is 1. The molecule has 1 aliphatic rings. The van der Waals surface area contributed by atoms with Gasteiger partial charge in [0.1, 0.15) is 0 Å². The number of nitrogens with zero attached hydrogens (tertiary/aromatic N) is 2. The van der Waals surface area contributed by atoms with E-state index in [9.17, 15) is 5.11 Å². The molecule has 0 radical (unpaired) electrons. The number of pyridine rings is 1. The fraction of sp³-hybridized carbons (Fsp3) is 0.780. The van der Waals surface area contributed by atoms with Crippen LogP contribution in [0.4, 0.5) is 0 Å². The third-order valence-electron chi connectivity index (χ3n) is 9.52. The van der Waals surface area contributed by atoms with Gasteiger partial charge in [0.05, 0.1) is 6.10 Å². The Balaban J connectivity index is 1.63. The second-order valence-electron chi connectivity index (χ2n) is 13.8. The molecular weight excluding hydrogens is 552 g/mol. The maximum absolute atomic E-state index is 11.7. The molecule has 0 bridgehead atoms. The fourth-order valence-electron chi connectivity index (χ4n) is 6.64. The van der Waals surface area contributed by atoms with Crippen LogP contribution in [0, 0.1) is 12.3 Å². The van der Waals surface area contributed by atoms with E-state index in [-0.39, 0.29) is 6.10 Å². The highest BCUT2D eigenvalue weighted by Gasteiger charge is 2.33. The molecule has 1 aromatic rings. The Hall–Kier alpha value is -1.67. The molecule has 0 spiro atoms. The molecule has 0 aromatic carbocycles. The molecule has 2 atom stereocenters. The molecule has 45 heavy (non-hydrogen) atoms. The summed E-state index contributed by atoms with van der Waals surface area (Å²) < 4.78 is 6.56. The van der Waals surface area contributed by atoms with Gasteiger partial charge in [-0.15, -0.1) is 12.3 Å². The zero-order valence-corrected chi connectivity index (χ0v) is 29.4. The van der Waals surface area contributed by atoms with Crippen molar-refractivity contribution in [1.82, 2.24) is 9.88 Å². The molecule has 2 rings (SSSR count). The van der Waals surface area contributed by atoms with Gasteiger partial charge in [0.25, 0.3) is 0 Å². The second-order valence-corrected chi connectivity index (χ2v) is 13.8. The zero-order chi connectivity index (χ0) is 32.1. The second kappa shape index (κ2) is 27.4. The average molecular weight is 623 g/mol. The van der Waals surface area contributed by atoms with Crippen LogP contribution in [-0.4, -0.2) is 46.5 Å². The van der Waals surface area contributed by atoms with Crippen molar-refractivity contribution in [1.29, 1.82) is 0 Å². The monoisotopic (exact) mass is 623 g/mol. The van der Waals surface area contributed by atoms with Crippen molar-refractivity contribution in [3.63, 3.8) is 0 Å². The van der Waals surface area contributed by atoms with E-state index in [4.69, 9.17) is 11.2 Å². The normalized spacial score (nSPS) is 16.8. The number of allylic oxidation sites excluding steroid dienone is 2. The number of likely N-dealkylation sites (tertiary alicyclic amines) is 1. The number of hydrogen-bond acceptors (Lipinski definition) is 4. The summed E-state index contributed by atoms with van der Waals surface area (Å²) in [5, 5.41) is 11.7. The summed E-state index contributed by atoms with van der Waals surface area (Å²) in [7, 11) is 0. The summed E-state index contributed by atoms with van der Waals surface area (Å²) >= 11 is 0. The lowest BCUT2D eigenvalue weighted by Gasteiger charge is -2.32. The van der Waals surface area contributed by atoms with E-state index >= 15 is 0 Å². The van der Waals surface area contributed by atoms with Crippen LogP contribution in [0.15, 0.2) is 36.7 Å². The van der Waals surface area contributed by atoms with Crippen molar-refractivity contribution in [2.24, 2.45) is 0 Å². The Bertz CT molecular complexity index is 866. The van der Waals surface area contributed by atoms with E-state index in [2.05, 4.69) is 40.9 Å². The Morgan fingerprint density at radius 3 is 2.02 bits per heavy atom. The van der Waals surface area contributed by atoms with Crippen LogP contribution in [0.2, 0.25) is 0 Å². The molecule has 0 aliphatic carbocycles. The van der Waals surface area contributed by atoms with Crippen molar-refractivity contribution >= 4 is 0 Å². The Labute approximate surface area is 279 Å². The smallest absolute Gasteiger partial charge is 0.165 e.